The molecule has 20 heavy (non-hydrogen) atoms. The predicted octanol–water partition coefficient (Wildman–Crippen LogP) is 3.52. The summed E-state index contributed by atoms with van der Waals surface area (Å²) in [5.41, 5.74) is 1.90. The number of rotatable bonds is 5. The molecule has 3 heteroatoms. The van der Waals surface area contributed by atoms with Crippen molar-refractivity contribution in [3.63, 3.8) is 0 Å². The molecule has 0 bridgehead atoms. The third kappa shape index (κ3) is 3.83. The number of hydrogen-bond donors (Lipinski definition) is 0. The lowest BCUT2D eigenvalue weighted by molar-refractivity contribution is 0.101. The number of hydrogen-bond acceptors (Lipinski definition) is 3. The van der Waals surface area contributed by atoms with Crippen LogP contribution in [-0.2, 0) is 6.54 Å². The van der Waals surface area contributed by atoms with Gasteiger partial charge in [-0.25, -0.2) is 0 Å². The molecule has 1 atom stereocenters. The molecular formula is C17H25NO2. The molecule has 0 amide bonds. The van der Waals surface area contributed by atoms with E-state index in [4.69, 9.17) is 4.74 Å². The van der Waals surface area contributed by atoms with E-state index in [9.17, 15) is 4.79 Å². The monoisotopic (exact) mass is 275 g/mol. The fraction of sp³-hybridized carbons (Fsp3) is 0.588. The largest absolute Gasteiger partial charge is 0.494 e. The minimum absolute atomic E-state index is 0.112. The lowest BCUT2D eigenvalue weighted by atomic mass is 9.99. The van der Waals surface area contributed by atoms with E-state index in [-0.39, 0.29) is 5.78 Å². The van der Waals surface area contributed by atoms with Gasteiger partial charge in [0.1, 0.15) is 5.75 Å². The van der Waals surface area contributed by atoms with Crippen molar-refractivity contribution >= 4 is 5.78 Å². The minimum atomic E-state index is 0.112. The van der Waals surface area contributed by atoms with E-state index >= 15 is 0 Å². The number of nitrogens with zero attached hydrogens (tertiary/aromatic N) is 1. The van der Waals surface area contributed by atoms with Gasteiger partial charge in [0, 0.05) is 24.2 Å². The van der Waals surface area contributed by atoms with Crippen molar-refractivity contribution in [2.45, 2.75) is 40.2 Å². The number of likely N-dealkylation sites (tertiary alicyclic amines) is 1. The van der Waals surface area contributed by atoms with Gasteiger partial charge < -0.3 is 4.74 Å². The number of ether oxygens (including phenoxy) is 1. The van der Waals surface area contributed by atoms with Gasteiger partial charge in [-0.3, -0.25) is 9.69 Å². The van der Waals surface area contributed by atoms with Crippen molar-refractivity contribution in [3.05, 3.63) is 29.3 Å². The fourth-order valence-electron chi connectivity index (χ4n) is 2.89. The molecule has 1 aromatic rings. The summed E-state index contributed by atoms with van der Waals surface area (Å²) < 4.78 is 5.70. The minimum Gasteiger partial charge on any atom is -0.494 e. The molecule has 110 valence electrons. The van der Waals surface area contributed by atoms with Gasteiger partial charge in [-0.05, 0) is 57.4 Å². The lowest BCUT2D eigenvalue weighted by Gasteiger charge is -2.31. The Kier molecular flexibility index (Phi) is 5.18. The first-order valence-electron chi connectivity index (χ1n) is 7.59. The van der Waals surface area contributed by atoms with Crippen LogP contribution < -0.4 is 4.74 Å². The predicted molar refractivity (Wildman–Crippen MR) is 81.3 cm³/mol. The normalized spacial score (nSPS) is 19.9. The van der Waals surface area contributed by atoms with Crippen molar-refractivity contribution in [1.29, 1.82) is 0 Å². The van der Waals surface area contributed by atoms with Crippen LogP contribution in [0.25, 0.3) is 0 Å². The maximum atomic E-state index is 11.6. The quantitative estimate of drug-likeness (QED) is 0.770. The number of Topliss-reactive ketones (excluding diaryl/α,β-unsaturated/α-hetero) is 1. The summed E-state index contributed by atoms with van der Waals surface area (Å²) in [7, 11) is 0. The molecule has 1 aromatic carbocycles. The molecule has 0 saturated carbocycles. The molecule has 1 fully saturated rings. The Labute approximate surface area is 121 Å². The van der Waals surface area contributed by atoms with Crippen LogP contribution in [0.4, 0.5) is 0 Å². The van der Waals surface area contributed by atoms with Crippen molar-refractivity contribution in [2.75, 3.05) is 19.7 Å². The molecular weight excluding hydrogens is 250 g/mol. The molecule has 3 nitrogen and oxygen atoms in total. The second kappa shape index (κ2) is 6.89. The third-order valence-corrected chi connectivity index (χ3v) is 3.90. The maximum Gasteiger partial charge on any atom is 0.159 e. The first-order chi connectivity index (χ1) is 9.60. The zero-order chi connectivity index (χ0) is 14.5. The maximum absolute atomic E-state index is 11.6. The average Bonchev–Trinajstić information content (AvgIpc) is 2.41. The highest BCUT2D eigenvalue weighted by molar-refractivity contribution is 5.94. The average molecular weight is 275 g/mol. The highest BCUT2D eigenvalue weighted by atomic mass is 16.5. The molecule has 1 saturated heterocycles. The van der Waals surface area contributed by atoms with Crippen LogP contribution in [0.5, 0.6) is 5.75 Å². The summed E-state index contributed by atoms with van der Waals surface area (Å²) in [6.45, 7) is 9.72. The molecule has 0 spiro atoms. The molecule has 1 aliphatic heterocycles. The second-order valence-corrected chi connectivity index (χ2v) is 5.79. The highest BCUT2D eigenvalue weighted by Gasteiger charge is 2.18. The molecule has 0 N–H and O–H groups in total. The van der Waals surface area contributed by atoms with E-state index in [1.54, 1.807) is 6.92 Å². The van der Waals surface area contributed by atoms with Crippen molar-refractivity contribution in [1.82, 2.24) is 4.90 Å². The number of piperidine rings is 1. The highest BCUT2D eigenvalue weighted by Crippen LogP contribution is 2.25. The van der Waals surface area contributed by atoms with Gasteiger partial charge in [0.05, 0.1) is 6.61 Å². The number of carbonyl (C=O) groups is 1. The van der Waals surface area contributed by atoms with E-state index < -0.39 is 0 Å². The number of ketones is 1. The van der Waals surface area contributed by atoms with Crippen molar-refractivity contribution in [3.8, 4) is 5.75 Å². The smallest absolute Gasteiger partial charge is 0.159 e. The van der Waals surface area contributed by atoms with Crippen LogP contribution in [0.3, 0.4) is 0 Å². The SMILES string of the molecule is CCOc1ccc(C(C)=O)cc1CN1CCCC(C)C1. The van der Waals surface area contributed by atoms with Crippen LogP contribution in [0.1, 0.15) is 49.5 Å². The zero-order valence-corrected chi connectivity index (χ0v) is 12.8. The van der Waals surface area contributed by atoms with Crippen molar-refractivity contribution in [2.24, 2.45) is 5.92 Å². The van der Waals surface area contributed by atoms with Crippen molar-refractivity contribution < 1.29 is 9.53 Å². The Bertz CT molecular complexity index is 470. The van der Waals surface area contributed by atoms with Gasteiger partial charge in [0.25, 0.3) is 0 Å². The van der Waals surface area contributed by atoms with Crippen LogP contribution in [-0.4, -0.2) is 30.4 Å². The fourth-order valence-corrected chi connectivity index (χ4v) is 2.89. The van der Waals surface area contributed by atoms with Gasteiger partial charge in [0.2, 0.25) is 0 Å². The Morgan fingerprint density at radius 1 is 1.45 bits per heavy atom. The van der Waals surface area contributed by atoms with Gasteiger partial charge in [0.15, 0.2) is 5.78 Å². The van der Waals surface area contributed by atoms with Crippen LogP contribution in [0.15, 0.2) is 18.2 Å². The topological polar surface area (TPSA) is 29.5 Å². The van der Waals surface area contributed by atoms with Gasteiger partial charge in [-0.2, -0.15) is 0 Å². The van der Waals surface area contributed by atoms with Gasteiger partial charge in [-0.15, -0.1) is 0 Å². The third-order valence-electron chi connectivity index (χ3n) is 3.90. The van der Waals surface area contributed by atoms with Crippen LogP contribution in [0, 0.1) is 5.92 Å². The molecule has 0 aromatic heterocycles. The Hall–Kier alpha value is -1.35. The molecule has 0 radical (unpaired) electrons. The standard InChI is InChI=1S/C17H25NO2/c1-4-20-17-8-7-15(14(3)19)10-16(17)12-18-9-5-6-13(2)11-18/h7-8,10,13H,4-6,9,11-12H2,1-3H3. The Morgan fingerprint density at radius 3 is 2.90 bits per heavy atom. The van der Waals surface area contributed by atoms with E-state index in [2.05, 4.69) is 11.8 Å². The van der Waals surface area contributed by atoms with Crippen LogP contribution in [0.2, 0.25) is 0 Å². The summed E-state index contributed by atoms with van der Waals surface area (Å²) in [5, 5.41) is 0. The zero-order valence-electron chi connectivity index (χ0n) is 12.8. The first kappa shape index (κ1) is 15.0. The summed E-state index contributed by atoms with van der Waals surface area (Å²) in [6, 6.07) is 5.78. The van der Waals surface area contributed by atoms with Gasteiger partial charge in [-0.1, -0.05) is 6.92 Å². The molecule has 1 unspecified atom stereocenters. The number of benzene rings is 1. The summed E-state index contributed by atoms with van der Waals surface area (Å²) in [5.74, 6) is 1.78. The van der Waals surface area contributed by atoms with E-state index in [0.717, 1.165) is 42.4 Å². The molecule has 1 aliphatic rings. The van der Waals surface area contributed by atoms with E-state index in [1.165, 1.54) is 12.8 Å². The summed E-state index contributed by atoms with van der Waals surface area (Å²) >= 11 is 0. The van der Waals surface area contributed by atoms with Gasteiger partial charge >= 0.3 is 0 Å². The Morgan fingerprint density at radius 2 is 2.25 bits per heavy atom. The summed E-state index contributed by atoms with van der Waals surface area (Å²) in [6.07, 6.45) is 2.58. The Balaban J connectivity index is 2.18. The van der Waals surface area contributed by atoms with Crippen LogP contribution >= 0.6 is 0 Å². The first-order valence-corrected chi connectivity index (χ1v) is 7.59. The lowest BCUT2D eigenvalue weighted by Crippen LogP contribution is -2.33. The second-order valence-electron chi connectivity index (χ2n) is 5.79. The molecule has 0 aliphatic carbocycles. The summed E-state index contributed by atoms with van der Waals surface area (Å²) in [4.78, 5) is 14.0. The molecule has 1 heterocycles. The van der Waals surface area contributed by atoms with E-state index in [1.807, 2.05) is 25.1 Å². The van der Waals surface area contributed by atoms with E-state index in [0.29, 0.717) is 6.61 Å². The molecule has 2 rings (SSSR count). The number of carbonyl (C=O) groups excluding carboxylic acids is 1.